The normalized spacial score (nSPS) is 26.4. The van der Waals surface area contributed by atoms with Crippen molar-refractivity contribution in [1.82, 2.24) is 0 Å². The van der Waals surface area contributed by atoms with Gasteiger partial charge >= 0.3 is 5.97 Å². The number of ether oxygens (including phenoxy) is 5. The van der Waals surface area contributed by atoms with E-state index in [0.29, 0.717) is 5.56 Å². The van der Waals surface area contributed by atoms with E-state index in [9.17, 15) is 14.7 Å². The Morgan fingerprint density at radius 1 is 1.08 bits per heavy atom. The third kappa shape index (κ3) is 5.07. The summed E-state index contributed by atoms with van der Waals surface area (Å²) in [4.78, 5) is 24.6. The second-order valence-corrected chi connectivity index (χ2v) is 5.51. The quantitative estimate of drug-likeness (QED) is 0.533. The predicted molar refractivity (Wildman–Crippen MR) is 84.8 cm³/mol. The number of rotatable bonds is 8. The molecule has 1 aliphatic carbocycles. The highest BCUT2D eigenvalue weighted by Crippen LogP contribution is 2.26. The summed E-state index contributed by atoms with van der Waals surface area (Å²) in [5, 5.41) is 10.1. The highest BCUT2D eigenvalue weighted by molar-refractivity contribution is 5.93. The standard InChI is InChI=1S/C17H22O8/c1-21-9-23-14-12(18)8-13(19)15(16(14)24-10-22-2)25-17(20)11-6-4-3-5-7-11/h3-7,12,14-16,18H,8-10H2,1-2H3/t12?,14-,15-,16+/m1/s1. The molecule has 0 saturated heterocycles. The van der Waals surface area contributed by atoms with E-state index in [-0.39, 0.29) is 20.0 Å². The Morgan fingerprint density at radius 2 is 1.68 bits per heavy atom. The van der Waals surface area contributed by atoms with Gasteiger partial charge in [-0.1, -0.05) is 18.2 Å². The van der Waals surface area contributed by atoms with Gasteiger partial charge in [-0.2, -0.15) is 0 Å². The van der Waals surface area contributed by atoms with Crippen molar-refractivity contribution in [2.24, 2.45) is 0 Å². The lowest BCUT2D eigenvalue weighted by atomic mass is 9.88. The average Bonchev–Trinajstić information content (AvgIpc) is 2.62. The summed E-state index contributed by atoms with van der Waals surface area (Å²) in [6.07, 6.45) is -4.45. The molecular formula is C17H22O8. The predicted octanol–water partition coefficient (Wildman–Crippen LogP) is 0.524. The molecule has 1 aliphatic rings. The van der Waals surface area contributed by atoms with Gasteiger partial charge in [-0.25, -0.2) is 4.79 Å². The molecule has 0 aliphatic heterocycles. The molecule has 8 nitrogen and oxygen atoms in total. The van der Waals surface area contributed by atoms with Gasteiger partial charge in [-0.15, -0.1) is 0 Å². The van der Waals surface area contributed by atoms with Crippen LogP contribution in [0.3, 0.4) is 0 Å². The van der Waals surface area contributed by atoms with E-state index in [4.69, 9.17) is 23.7 Å². The number of benzene rings is 1. The van der Waals surface area contributed by atoms with E-state index in [1.54, 1.807) is 30.3 Å². The number of aliphatic hydroxyl groups is 1. The van der Waals surface area contributed by atoms with Crippen LogP contribution in [0.25, 0.3) is 0 Å². The van der Waals surface area contributed by atoms with Crippen LogP contribution in [-0.4, -0.2) is 69.1 Å². The molecular weight excluding hydrogens is 332 g/mol. The number of hydrogen-bond acceptors (Lipinski definition) is 8. The summed E-state index contributed by atoms with van der Waals surface area (Å²) >= 11 is 0. The Kier molecular flexibility index (Phi) is 7.48. The minimum Gasteiger partial charge on any atom is -0.448 e. The largest absolute Gasteiger partial charge is 0.448 e. The molecule has 1 N–H and O–H groups in total. The summed E-state index contributed by atoms with van der Waals surface area (Å²) < 4.78 is 26.0. The highest BCUT2D eigenvalue weighted by atomic mass is 16.7. The molecule has 2 rings (SSSR count). The first-order valence-electron chi connectivity index (χ1n) is 7.76. The minimum absolute atomic E-state index is 0.109. The third-order valence-corrected chi connectivity index (χ3v) is 3.73. The summed E-state index contributed by atoms with van der Waals surface area (Å²) in [6.45, 7) is -0.265. The van der Waals surface area contributed by atoms with Crippen molar-refractivity contribution in [3.8, 4) is 0 Å². The molecule has 1 saturated carbocycles. The average molecular weight is 354 g/mol. The fraction of sp³-hybridized carbons (Fsp3) is 0.529. The lowest BCUT2D eigenvalue weighted by Gasteiger charge is -2.38. The van der Waals surface area contributed by atoms with Gasteiger partial charge in [0.05, 0.1) is 11.7 Å². The fourth-order valence-corrected chi connectivity index (χ4v) is 2.58. The van der Waals surface area contributed by atoms with Crippen LogP contribution in [0.2, 0.25) is 0 Å². The monoisotopic (exact) mass is 354 g/mol. The number of Topliss-reactive ketones (excluding diaryl/α,β-unsaturated/α-hetero) is 1. The lowest BCUT2D eigenvalue weighted by molar-refractivity contribution is -0.220. The van der Waals surface area contributed by atoms with Gasteiger partial charge < -0.3 is 28.8 Å². The molecule has 1 unspecified atom stereocenters. The van der Waals surface area contributed by atoms with Crippen molar-refractivity contribution >= 4 is 11.8 Å². The van der Waals surface area contributed by atoms with Gasteiger partial charge in [0.15, 0.2) is 11.9 Å². The number of methoxy groups -OCH3 is 2. The summed E-state index contributed by atoms with van der Waals surface area (Å²) in [7, 11) is 2.84. The molecule has 8 heteroatoms. The van der Waals surface area contributed by atoms with Crippen molar-refractivity contribution in [3.63, 3.8) is 0 Å². The highest BCUT2D eigenvalue weighted by Gasteiger charge is 2.47. The molecule has 138 valence electrons. The van der Waals surface area contributed by atoms with E-state index in [1.165, 1.54) is 14.2 Å². The minimum atomic E-state index is -1.21. The molecule has 4 atom stereocenters. The van der Waals surface area contributed by atoms with Gasteiger partial charge in [0, 0.05) is 20.6 Å². The lowest BCUT2D eigenvalue weighted by Crippen LogP contribution is -2.58. The zero-order chi connectivity index (χ0) is 18.2. The van der Waals surface area contributed by atoms with Crippen LogP contribution in [0.4, 0.5) is 0 Å². The molecule has 0 heterocycles. The van der Waals surface area contributed by atoms with Crippen LogP contribution in [0.5, 0.6) is 0 Å². The summed E-state index contributed by atoms with van der Waals surface area (Å²) in [6, 6.07) is 8.29. The Morgan fingerprint density at radius 3 is 2.28 bits per heavy atom. The first-order chi connectivity index (χ1) is 12.1. The zero-order valence-corrected chi connectivity index (χ0v) is 14.1. The van der Waals surface area contributed by atoms with Gasteiger partial charge in [0.2, 0.25) is 0 Å². The Hall–Kier alpha value is -1.84. The van der Waals surface area contributed by atoms with Crippen molar-refractivity contribution in [1.29, 1.82) is 0 Å². The Balaban J connectivity index is 2.18. The third-order valence-electron chi connectivity index (χ3n) is 3.73. The Bertz CT molecular complexity index is 561. The van der Waals surface area contributed by atoms with E-state index in [0.717, 1.165) is 0 Å². The van der Waals surface area contributed by atoms with Gasteiger partial charge in [-0.3, -0.25) is 4.79 Å². The van der Waals surface area contributed by atoms with Crippen molar-refractivity contribution in [3.05, 3.63) is 35.9 Å². The van der Waals surface area contributed by atoms with Crippen LogP contribution >= 0.6 is 0 Å². The summed E-state index contributed by atoms with van der Waals surface area (Å²) in [5.74, 6) is -1.11. The molecule has 0 amide bonds. The first-order valence-corrected chi connectivity index (χ1v) is 7.76. The van der Waals surface area contributed by atoms with Crippen LogP contribution in [0, 0.1) is 0 Å². The van der Waals surface area contributed by atoms with Crippen molar-refractivity contribution < 1.29 is 38.4 Å². The Labute approximate surface area is 145 Å². The number of esters is 1. The van der Waals surface area contributed by atoms with Crippen LogP contribution in [0.1, 0.15) is 16.8 Å². The molecule has 1 aromatic rings. The van der Waals surface area contributed by atoms with Crippen LogP contribution in [-0.2, 0) is 28.5 Å². The van der Waals surface area contributed by atoms with Crippen LogP contribution < -0.4 is 0 Å². The topological polar surface area (TPSA) is 101 Å². The number of aliphatic hydroxyl groups excluding tert-OH is 1. The molecule has 25 heavy (non-hydrogen) atoms. The number of carbonyl (C=O) groups is 2. The van der Waals surface area contributed by atoms with Crippen LogP contribution in [0.15, 0.2) is 30.3 Å². The molecule has 1 aromatic carbocycles. The second kappa shape index (κ2) is 9.59. The van der Waals surface area contributed by atoms with E-state index < -0.39 is 36.2 Å². The number of ketones is 1. The zero-order valence-electron chi connectivity index (χ0n) is 14.1. The van der Waals surface area contributed by atoms with E-state index in [2.05, 4.69) is 0 Å². The smallest absolute Gasteiger partial charge is 0.338 e. The molecule has 0 bridgehead atoms. The first kappa shape index (κ1) is 19.5. The van der Waals surface area contributed by atoms with Gasteiger partial charge in [-0.05, 0) is 12.1 Å². The molecule has 0 spiro atoms. The fourth-order valence-electron chi connectivity index (χ4n) is 2.58. The van der Waals surface area contributed by atoms with E-state index in [1.807, 2.05) is 0 Å². The SMILES string of the molecule is COCO[C@@H]1[C@H](OC(=O)c2ccccc2)C(=O)CC(O)[C@H]1OCOC. The maximum atomic E-state index is 12.3. The molecule has 1 fully saturated rings. The maximum absolute atomic E-state index is 12.3. The number of carbonyl (C=O) groups excluding carboxylic acids is 2. The van der Waals surface area contributed by atoms with Crippen molar-refractivity contribution in [2.45, 2.75) is 30.8 Å². The van der Waals surface area contributed by atoms with Gasteiger partial charge in [0.1, 0.15) is 25.8 Å². The van der Waals surface area contributed by atoms with E-state index >= 15 is 0 Å². The van der Waals surface area contributed by atoms with Gasteiger partial charge in [0.25, 0.3) is 0 Å². The number of hydrogen-bond donors (Lipinski definition) is 1. The maximum Gasteiger partial charge on any atom is 0.338 e. The molecule has 0 aromatic heterocycles. The second-order valence-electron chi connectivity index (χ2n) is 5.51. The molecule has 0 radical (unpaired) electrons. The van der Waals surface area contributed by atoms with Crippen molar-refractivity contribution in [2.75, 3.05) is 27.8 Å². The summed E-state index contributed by atoms with van der Waals surface area (Å²) in [5.41, 5.74) is 0.307.